The summed E-state index contributed by atoms with van der Waals surface area (Å²) < 4.78 is 15.4. The van der Waals surface area contributed by atoms with Crippen molar-refractivity contribution >= 4 is 29.5 Å². The van der Waals surface area contributed by atoms with Gasteiger partial charge >= 0.3 is 11.9 Å². The number of esters is 2. The fourth-order valence-electron chi connectivity index (χ4n) is 2.85. The van der Waals surface area contributed by atoms with Crippen molar-refractivity contribution in [1.82, 2.24) is 4.98 Å². The fourth-order valence-corrected chi connectivity index (χ4v) is 3.28. The van der Waals surface area contributed by atoms with E-state index in [-0.39, 0.29) is 11.3 Å². The Morgan fingerprint density at radius 3 is 2.36 bits per heavy atom. The van der Waals surface area contributed by atoms with Crippen molar-refractivity contribution in [3.05, 3.63) is 46.3 Å². The molecule has 0 radical (unpaired) electrons. The van der Waals surface area contributed by atoms with E-state index in [4.69, 9.17) is 14.2 Å². The second-order valence-corrected chi connectivity index (χ2v) is 6.97. The molecule has 1 aromatic carbocycles. The van der Waals surface area contributed by atoms with Crippen LogP contribution in [0.3, 0.4) is 0 Å². The van der Waals surface area contributed by atoms with E-state index < -0.39 is 23.8 Å². The van der Waals surface area contributed by atoms with Gasteiger partial charge in [-0.1, -0.05) is 0 Å². The molecule has 1 atom stereocenters. The number of aryl methyl sites for hydroxylation is 1. The normalized spacial score (nSPS) is 11.6. The van der Waals surface area contributed by atoms with Gasteiger partial charge in [-0.05, 0) is 50.8 Å². The maximum absolute atomic E-state index is 12.8. The largest absolute Gasteiger partial charge is 0.496 e. The molecule has 8 heteroatoms. The van der Waals surface area contributed by atoms with Crippen LogP contribution in [0.2, 0.25) is 0 Å². The predicted molar refractivity (Wildman–Crippen MR) is 106 cm³/mol. The van der Waals surface area contributed by atoms with Crippen molar-refractivity contribution in [2.45, 2.75) is 31.8 Å². The van der Waals surface area contributed by atoms with Gasteiger partial charge in [-0.3, -0.25) is 4.79 Å². The lowest BCUT2D eigenvalue weighted by Gasteiger charge is -2.14. The summed E-state index contributed by atoms with van der Waals surface area (Å²) in [5.74, 6) is -1.27. The minimum Gasteiger partial charge on any atom is -0.496 e. The highest BCUT2D eigenvalue weighted by Gasteiger charge is 2.28. The molecule has 0 aliphatic rings. The Kier molecular flexibility index (Phi) is 6.90. The minimum absolute atomic E-state index is 0.211. The van der Waals surface area contributed by atoms with Crippen LogP contribution >= 0.6 is 11.8 Å². The van der Waals surface area contributed by atoms with Crippen LogP contribution in [0.4, 0.5) is 0 Å². The van der Waals surface area contributed by atoms with Crippen molar-refractivity contribution in [3.63, 3.8) is 0 Å². The Labute approximate surface area is 167 Å². The van der Waals surface area contributed by atoms with Crippen molar-refractivity contribution in [2.24, 2.45) is 0 Å². The van der Waals surface area contributed by atoms with Gasteiger partial charge in [-0.15, -0.1) is 11.8 Å². The van der Waals surface area contributed by atoms with Gasteiger partial charge in [0.25, 0.3) is 0 Å². The number of H-pyrrole nitrogens is 1. The maximum Gasteiger partial charge on any atom is 0.342 e. The molecule has 0 bridgehead atoms. The number of ether oxygens (including phenoxy) is 3. The minimum atomic E-state index is -1.06. The summed E-state index contributed by atoms with van der Waals surface area (Å²) in [5, 5.41) is 0. The van der Waals surface area contributed by atoms with Crippen LogP contribution in [0.15, 0.2) is 23.1 Å². The molecule has 1 N–H and O–H groups in total. The molecule has 0 aliphatic carbocycles. The quantitative estimate of drug-likeness (QED) is 0.427. The summed E-state index contributed by atoms with van der Waals surface area (Å²) in [6.45, 7) is 4.79. The van der Waals surface area contributed by atoms with Gasteiger partial charge in [0.2, 0.25) is 5.78 Å². The summed E-state index contributed by atoms with van der Waals surface area (Å²) in [4.78, 5) is 41.0. The number of rotatable bonds is 7. The third-order valence-electron chi connectivity index (χ3n) is 4.36. The first-order valence-corrected chi connectivity index (χ1v) is 9.72. The summed E-state index contributed by atoms with van der Waals surface area (Å²) in [5.41, 5.74) is 1.72. The van der Waals surface area contributed by atoms with E-state index in [0.717, 1.165) is 4.90 Å². The average Bonchev–Trinajstić information content (AvgIpc) is 2.99. The summed E-state index contributed by atoms with van der Waals surface area (Å²) in [7, 11) is 2.74. The first-order chi connectivity index (χ1) is 13.2. The molecule has 0 spiro atoms. The summed E-state index contributed by atoms with van der Waals surface area (Å²) >= 11 is 1.52. The predicted octanol–water partition coefficient (Wildman–Crippen LogP) is 3.58. The van der Waals surface area contributed by atoms with Gasteiger partial charge in [-0.25, -0.2) is 9.59 Å². The lowest BCUT2D eigenvalue weighted by atomic mass is 10.1. The van der Waals surface area contributed by atoms with Crippen LogP contribution in [0.5, 0.6) is 5.75 Å². The first-order valence-electron chi connectivity index (χ1n) is 8.49. The number of ketones is 1. The summed E-state index contributed by atoms with van der Waals surface area (Å²) in [6, 6.07) is 5.11. The Balaban J connectivity index is 2.24. The molecule has 0 saturated heterocycles. The number of hydrogen-bond acceptors (Lipinski definition) is 7. The zero-order valence-electron chi connectivity index (χ0n) is 16.7. The Morgan fingerprint density at radius 1 is 1.11 bits per heavy atom. The molecule has 150 valence electrons. The third-order valence-corrected chi connectivity index (χ3v) is 5.08. The van der Waals surface area contributed by atoms with E-state index >= 15 is 0 Å². The zero-order valence-corrected chi connectivity index (χ0v) is 17.5. The molecule has 0 saturated carbocycles. The number of methoxy groups -OCH3 is 2. The number of nitrogens with one attached hydrogen (secondary N) is 1. The van der Waals surface area contributed by atoms with E-state index in [1.807, 2.05) is 6.26 Å². The third kappa shape index (κ3) is 4.22. The first kappa shape index (κ1) is 21.6. The maximum atomic E-state index is 12.8. The average molecular weight is 405 g/mol. The van der Waals surface area contributed by atoms with Crippen molar-refractivity contribution < 1.29 is 28.6 Å². The highest BCUT2D eigenvalue weighted by atomic mass is 32.2. The Bertz CT molecular complexity index is 918. The van der Waals surface area contributed by atoms with Crippen LogP contribution in [-0.4, -0.2) is 49.3 Å². The highest BCUT2D eigenvalue weighted by Crippen LogP contribution is 2.27. The smallest absolute Gasteiger partial charge is 0.342 e. The standard InChI is InChI=1S/C20H23NO6S/c1-10-16(20(24)26-5)11(2)21-17(10)18(22)12(3)27-19(23)14-8-7-13(28-6)9-15(14)25-4/h7-9,12,21H,1-6H3/t12-/m0/s1. The zero-order chi connectivity index (χ0) is 21.0. The number of benzene rings is 1. The molecule has 1 heterocycles. The highest BCUT2D eigenvalue weighted by molar-refractivity contribution is 7.98. The van der Waals surface area contributed by atoms with Gasteiger partial charge in [0.1, 0.15) is 11.3 Å². The van der Waals surface area contributed by atoms with Crippen molar-refractivity contribution in [2.75, 3.05) is 20.5 Å². The number of hydrogen-bond donors (Lipinski definition) is 1. The molecule has 7 nitrogen and oxygen atoms in total. The Hall–Kier alpha value is -2.74. The molecule has 0 unspecified atom stereocenters. The van der Waals surface area contributed by atoms with Gasteiger partial charge in [-0.2, -0.15) is 0 Å². The monoisotopic (exact) mass is 405 g/mol. The molecule has 0 aliphatic heterocycles. The van der Waals surface area contributed by atoms with Crippen LogP contribution in [0, 0.1) is 13.8 Å². The molecule has 0 amide bonds. The topological polar surface area (TPSA) is 94.7 Å². The SMILES string of the molecule is COC(=O)c1c(C)[nH]c(C(=O)[C@H](C)OC(=O)c2ccc(SC)cc2OC)c1C. The number of carbonyl (C=O) groups excluding carboxylic acids is 3. The van der Waals surface area contributed by atoms with Gasteiger partial charge in [0.05, 0.1) is 25.5 Å². The fraction of sp³-hybridized carbons (Fsp3) is 0.350. The van der Waals surface area contributed by atoms with Gasteiger partial charge in [0, 0.05) is 10.6 Å². The van der Waals surface area contributed by atoms with E-state index in [9.17, 15) is 14.4 Å². The second-order valence-electron chi connectivity index (χ2n) is 6.09. The van der Waals surface area contributed by atoms with E-state index in [0.29, 0.717) is 22.6 Å². The van der Waals surface area contributed by atoms with E-state index in [1.165, 1.54) is 32.9 Å². The van der Waals surface area contributed by atoms with Crippen molar-refractivity contribution in [3.8, 4) is 5.75 Å². The lowest BCUT2D eigenvalue weighted by molar-refractivity contribution is 0.0313. The number of thioether (sulfide) groups is 1. The number of Topliss-reactive ketones (excluding diaryl/α,β-unsaturated/α-hetero) is 1. The molecule has 28 heavy (non-hydrogen) atoms. The molecular formula is C20H23NO6S. The lowest BCUT2D eigenvalue weighted by Crippen LogP contribution is -2.25. The summed E-state index contributed by atoms with van der Waals surface area (Å²) in [6.07, 6.45) is 0.858. The van der Waals surface area contributed by atoms with E-state index in [1.54, 1.807) is 32.0 Å². The van der Waals surface area contributed by atoms with Crippen LogP contribution in [0.25, 0.3) is 0 Å². The van der Waals surface area contributed by atoms with Crippen LogP contribution in [-0.2, 0) is 9.47 Å². The molecule has 0 fully saturated rings. The van der Waals surface area contributed by atoms with E-state index in [2.05, 4.69) is 4.98 Å². The van der Waals surface area contributed by atoms with Crippen LogP contribution in [0.1, 0.15) is 49.4 Å². The van der Waals surface area contributed by atoms with Crippen molar-refractivity contribution in [1.29, 1.82) is 0 Å². The molecule has 2 rings (SSSR count). The van der Waals surface area contributed by atoms with Gasteiger partial charge in [0.15, 0.2) is 6.10 Å². The van der Waals surface area contributed by atoms with Gasteiger partial charge < -0.3 is 19.2 Å². The molecular weight excluding hydrogens is 382 g/mol. The Morgan fingerprint density at radius 2 is 1.79 bits per heavy atom. The van der Waals surface area contributed by atoms with Crippen LogP contribution < -0.4 is 4.74 Å². The number of aromatic amines is 1. The number of carbonyl (C=O) groups is 3. The number of aromatic nitrogens is 1. The molecule has 2 aromatic rings. The molecule has 1 aromatic heterocycles. The second kappa shape index (κ2) is 8.97.